The molecule has 0 bridgehead atoms. The minimum atomic E-state index is -0.0238. The van der Waals surface area contributed by atoms with Crippen molar-refractivity contribution in [1.29, 1.82) is 0 Å². The number of ether oxygens (including phenoxy) is 1. The summed E-state index contributed by atoms with van der Waals surface area (Å²) < 4.78 is 7.34. The highest BCUT2D eigenvalue weighted by atomic mass is 16.5. The molecule has 3 aromatic rings. The van der Waals surface area contributed by atoms with Gasteiger partial charge in [-0.1, -0.05) is 24.3 Å². The lowest BCUT2D eigenvalue weighted by Crippen LogP contribution is -2.13. The van der Waals surface area contributed by atoms with Crippen LogP contribution < -0.4 is 10.1 Å². The molecule has 5 heteroatoms. The van der Waals surface area contributed by atoms with Gasteiger partial charge in [-0.3, -0.25) is 4.79 Å². The number of benzene rings is 2. The van der Waals surface area contributed by atoms with Crippen molar-refractivity contribution in [3.8, 4) is 11.4 Å². The molecule has 1 aromatic heterocycles. The number of amides is 1. The van der Waals surface area contributed by atoms with E-state index in [9.17, 15) is 4.79 Å². The van der Waals surface area contributed by atoms with Gasteiger partial charge in [-0.05, 0) is 42.8 Å². The summed E-state index contributed by atoms with van der Waals surface area (Å²) in [6.07, 6.45) is 4.66. The molecule has 0 fully saturated rings. The van der Waals surface area contributed by atoms with Crippen molar-refractivity contribution in [3.05, 3.63) is 73.1 Å². The first-order chi connectivity index (χ1) is 11.8. The van der Waals surface area contributed by atoms with E-state index in [1.54, 1.807) is 10.9 Å². The lowest BCUT2D eigenvalue weighted by Gasteiger charge is -2.08. The van der Waals surface area contributed by atoms with Crippen molar-refractivity contribution < 1.29 is 9.53 Å². The van der Waals surface area contributed by atoms with E-state index in [4.69, 9.17) is 4.74 Å². The SMILES string of the molecule is O=C(CCCOc1ccccc1)Nc1cccc(-n2cccn2)c1. The van der Waals surface area contributed by atoms with E-state index in [1.165, 1.54) is 0 Å². The van der Waals surface area contributed by atoms with Crippen molar-refractivity contribution in [3.63, 3.8) is 0 Å². The van der Waals surface area contributed by atoms with Gasteiger partial charge in [0, 0.05) is 24.5 Å². The van der Waals surface area contributed by atoms with E-state index in [-0.39, 0.29) is 5.91 Å². The first-order valence-corrected chi connectivity index (χ1v) is 7.89. The molecule has 0 saturated carbocycles. The van der Waals surface area contributed by atoms with Crippen LogP contribution >= 0.6 is 0 Å². The third kappa shape index (κ3) is 4.46. The summed E-state index contributed by atoms with van der Waals surface area (Å²) in [6, 6.07) is 19.1. The molecular weight excluding hydrogens is 302 g/mol. The maximum atomic E-state index is 12.0. The Bertz CT molecular complexity index is 770. The summed E-state index contributed by atoms with van der Waals surface area (Å²) in [4.78, 5) is 12.0. The topological polar surface area (TPSA) is 56.1 Å². The lowest BCUT2D eigenvalue weighted by atomic mass is 10.2. The van der Waals surface area contributed by atoms with Gasteiger partial charge < -0.3 is 10.1 Å². The molecular formula is C19H19N3O2. The number of rotatable bonds is 7. The van der Waals surface area contributed by atoms with Crippen LogP contribution in [0.2, 0.25) is 0 Å². The normalized spacial score (nSPS) is 10.3. The zero-order valence-corrected chi connectivity index (χ0v) is 13.3. The average Bonchev–Trinajstić information content (AvgIpc) is 3.15. The summed E-state index contributed by atoms with van der Waals surface area (Å²) in [5.41, 5.74) is 1.67. The van der Waals surface area contributed by atoms with Crippen LogP contribution in [-0.4, -0.2) is 22.3 Å². The maximum absolute atomic E-state index is 12.0. The highest BCUT2D eigenvalue weighted by Crippen LogP contribution is 2.14. The van der Waals surface area contributed by atoms with E-state index in [0.717, 1.165) is 17.1 Å². The van der Waals surface area contributed by atoms with Gasteiger partial charge in [-0.25, -0.2) is 4.68 Å². The largest absolute Gasteiger partial charge is 0.494 e. The number of carbonyl (C=O) groups is 1. The molecule has 0 unspecified atom stereocenters. The Balaban J connectivity index is 1.46. The molecule has 0 aliphatic carbocycles. The maximum Gasteiger partial charge on any atom is 0.224 e. The number of aromatic nitrogens is 2. The number of hydrogen-bond acceptors (Lipinski definition) is 3. The molecule has 3 rings (SSSR count). The van der Waals surface area contributed by atoms with Crippen LogP contribution in [0.4, 0.5) is 5.69 Å². The van der Waals surface area contributed by atoms with Crippen LogP contribution in [0.25, 0.3) is 5.69 Å². The molecule has 0 aliphatic rings. The minimum Gasteiger partial charge on any atom is -0.494 e. The molecule has 1 N–H and O–H groups in total. The Labute approximate surface area is 140 Å². The van der Waals surface area contributed by atoms with Crippen LogP contribution in [0.15, 0.2) is 73.1 Å². The Morgan fingerprint density at radius 1 is 1.08 bits per heavy atom. The Kier molecular flexibility index (Phi) is 5.24. The monoisotopic (exact) mass is 321 g/mol. The van der Waals surface area contributed by atoms with E-state index < -0.39 is 0 Å². The fraction of sp³-hybridized carbons (Fsp3) is 0.158. The summed E-state index contributed by atoms with van der Waals surface area (Å²) in [6.45, 7) is 0.519. The standard InChI is InChI=1S/C19H19N3O2/c23-19(11-5-14-24-18-9-2-1-3-10-18)21-16-7-4-8-17(15-16)22-13-6-12-20-22/h1-4,6-10,12-13,15H,5,11,14H2,(H,21,23). The van der Waals surface area contributed by atoms with Gasteiger partial charge in [0.15, 0.2) is 0 Å². The number of nitrogens with zero attached hydrogens (tertiary/aromatic N) is 2. The van der Waals surface area contributed by atoms with Crippen molar-refractivity contribution in [2.24, 2.45) is 0 Å². The quantitative estimate of drug-likeness (QED) is 0.676. The average molecular weight is 321 g/mol. The second-order valence-corrected chi connectivity index (χ2v) is 5.31. The first kappa shape index (κ1) is 15.8. The van der Waals surface area contributed by atoms with Crippen molar-refractivity contribution in [2.75, 3.05) is 11.9 Å². The lowest BCUT2D eigenvalue weighted by molar-refractivity contribution is -0.116. The van der Waals surface area contributed by atoms with E-state index in [1.807, 2.05) is 66.9 Å². The molecule has 24 heavy (non-hydrogen) atoms. The zero-order chi connectivity index (χ0) is 16.6. The summed E-state index contributed by atoms with van der Waals surface area (Å²) >= 11 is 0. The van der Waals surface area contributed by atoms with Gasteiger partial charge in [-0.15, -0.1) is 0 Å². The van der Waals surface area contributed by atoms with Crippen molar-refractivity contribution in [2.45, 2.75) is 12.8 Å². The second kappa shape index (κ2) is 7.97. The Morgan fingerprint density at radius 2 is 1.96 bits per heavy atom. The smallest absolute Gasteiger partial charge is 0.224 e. The summed E-state index contributed by atoms with van der Waals surface area (Å²) in [5.74, 6) is 0.800. The molecule has 0 spiro atoms. The second-order valence-electron chi connectivity index (χ2n) is 5.31. The third-order valence-electron chi connectivity index (χ3n) is 3.46. The molecule has 1 heterocycles. The van der Waals surface area contributed by atoms with E-state index >= 15 is 0 Å². The van der Waals surface area contributed by atoms with Gasteiger partial charge in [0.1, 0.15) is 5.75 Å². The van der Waals surface area contributed by atoms with Crippen LogP contribution in [0.3, 0.4) is 0 Å². The fourth-order valence-corrected chi connectivity index (χ4v) is 2.31. The molecule has 1 amide bonds. The molecule has 0 aliphatic heterocycles. The zero-order valence-electron chi connectivity index (χ0n) is 13.3. The third-order valence-corrected chi connectivity index (χ3v) is 3.46. The van der Waals surface area contributed by atoms with Gasteiger partial charge in [-0.2, -0.15) is 5.10 Å². The van der Waals surface area contributed by atoms with Crippen LogP contribution in [-0.2, 0) is 4.79 Å². The molecule has 0 saturated heterocycles. The molecule has 0 radical (unpaired) electrons. The number of anilines is 1. The van der Waals surface area contributed by atoms with Gasteiger partial charge in [0.2, 0.25) is 5.91 Å². The van der Waals surface area contributed by atoms with Gasteiger partial charge in [0.05, 0.1) is 12.3 Å². The van der Waals surface area contributed by atoms with Crippen LogP contribution in [0.1, 0.15) is 12.8 Å². The summed E-state index contributed by atoms with van der Waals surface area (Å²) in [7, 11) is 0. The molecule has 0 atom stereocenters. The molecule has 2 aromatic carbocycles. The van der Waals surface area contributed by atoms with Crippen LogP contribution in [0, 0.1) is 0 Å². The number of hydrogen-bond donors (Lipinski definition) is 1. The van der Waals surface area contributed by atoms with Crippen LogP contribution in [0.5, 0.6) is 5.75 Å². The van der Waals surface area contributed by atoms with Crippen molar-refractivity contribution in [1.82, 2.24) is 9.78 Å². The minimum absolute atomic E-state index is 0.0238. The molecule has 5 nitrogen and oxygen atoms in total. The Morgan fingerprint density at radius 3 is 2.75 bits per heavy atom. The van der Waals surface area contributed by atoms with Gasteiger partial charge >= 0.3 is 0 Å². The fourth-order valence-electron chi connectivity index (χ4n) is 2.31. The first-order valence-electron chi connectivity index (χ1n) is 7.89. The molecule has 122 valence electrons. The summed E-state index contributed by atoms with van der Waals surface area (Å²) in [5, 5.41) is 7.09. The number of para-hydroxylation sites is 1. The van der Waals surface area contributed by atoms with Gasteiger partial charge in [0.25, 0.3) is 0 Å². The number of carbonyl (C=O) groups excluding carboxylic acids is 1. The van der Waals surface area contributed by atoms with Crippen molar-refractivity contribution >= 4 is 11.6 Å². The Hall–Kier alpha value is -3.08. The van der Waals surface area contributed by atoms with E-state index in [0.29, 0.717) is 19.4 Å². The predicted molar refractivity (Wildman–Crippen MR) is 93.4 cm³/mol. The van der Waals surface area contributed by atoms with E-state index in [2.05, 4.69) is 10.4 Å². The predicted octanol–water partition coefficient (Wildman–Crippen LogP) is 3.67. The highest BCUT2D eigenvalue weighted by Gasteiger charge is 2.04. The number of nitrogens with one attached hydrogen (secondary N) is 1. The highest BCUT2D eigenvalue weighted by molar-refractivity contribution is 5.90.